The van der Waals surface area contributed by atoms with Gasteiger partial charge in [0.25, 0.3) is 15.9 Å². The van der Waals surface area contributed by atoms with Gasteiger partial charge in [-0.25, -0.2) is 8.42 Å². The summed E-state index contributed by atoms with van der Waals surface area (Å²) in [5, 5.41) is 5.32. The van der Waals surface area contributed by atoms with E-state index in [9.17, 15) is 18.0 Å². The Kier molecular flexibility index (Phi) is 4.80. The predicted molar refractivity (Wildman–Crippen MR) is 105 cm³/mol. The highest BCUT2D eigenvalue weighted by Crippen LogP contribution is 2.32. The number of rotatable bonds is 6. The van der Waals surface area contributed by atoms with Crippen LogP contribution in [0.4, 0.5) is 5.69 Å². The zero-order valence-corrected chi connectivity index (χ0v) is 16.0. The highest BCUT2D eigenvalue weighted by atomic mass is 32.2. The number of anilines is 1. The zero-order valence-electron chi connectivity index (χ0n) is 15.2. The van der Waals surface area contributed by atoms with Crippen LogP contribution >= 0.6 is 0 Å². The number of carbonyl (C=O) groups excluding carboxylic acids is 2. The molecule has 0 aromatic heterocycles. The Hall–Kier alpha value is -2.87. The molecule has 1 saturated carbocycles. The highest BCUT2D eigenvalue weighted by molar-refractivity contribution is 7.92. The number of hydrogen-bond acceptors (Lipinski definition) is 4. The van der Waals surface area contributed by atoms with Gasteiger partial charge in [-0.15, -0.1) is 0 Å². The second kappa shape index (κ2) is 7.27. The van der Waals surface area contributed by atoms with Gasteiger partial charge in [0.1, 0.15) is 0 Å². The molecule has 2 amide bonds. The van der Waals surface area contributed by atoms with E-state index in [2.05, 4.69) is 10.6 Å². The molecule has 2 aliphatic rings. The van der Waals surface area contributed by atoms with E-state index >= 15 is 0 Å². The van der Waals surface area contributed by atoms with Gasteiger partial charge in [0, 0.05) is 18.2 Å². The average molecular weight is 399 g/mol. The van der Waals surface area contributed by atoms with Crippen molar-refractivity contribution in [3.05, 3.63) is 59.7 Å². The van der Waals surface area contributed by atoms with Crippen molar-refractivity contribution in [3.63, 3.8) is 0 Å². The van der Waals surface area contributed by atoms with Crippen LogP contribution in [-0.4, -0.2) is 39.4 Å². The molecular formula is C20H21N3O4S. The van der Waals surface area contributed by atoms with Crippen molar-refractivity contribution in [1.82, 2.24) is 10.6 Å². The van der Waals surface area contributed by atoms with Gasteiger partial charge < -0.3 is 10.6 Å². The fourth-order valence-electron chi connectivity index (χ4n) is 3.25. The monoisotopic (exact) mass is 399 g/mol. The molecule has 146 valence electrons. The molecule has 0 radical (unpaired) electrons. The number of benzene rings is 2. The average Bonchev–Trinajstić information content (AvgIpc) is 3.40. The van der Waals surface area contributed by atoms with E-state index < -0.39 is 15.9 Å². The number of fused-ring (bicyclic) bond motifs is 1. The molecule has 1 heterocycles. The maximum Gasteiger partial charge on any atom is 0.264 e. The van der Waals surface area contributed by atoms with Gasteiger partial charge in [0.15, 0.2) is 0 Å². The number of hydrogen-bond donors (Lipinski definition) is 2. The van der Waals surface area contributed by atoms with Crippen LogP contribution in [0, 0.1) is 0 Å². The second-order valence-corrected chi connectivity index (χ2v) is 8.87. The first-order chi connectivity index (χ1) is 13.4. The summed E-state index contributed by atoms with van der Waals surface area (Å²) in [7, 11) is -3.77. The first-order valence-electron chi connectivity index (χ1n) is 9.23. The standard InChI is InChI=1S/C20H21N3O4S/c24-19(22-16-8-9-16)13-21-20(25)15-5-3-6-17(12-15)28(26,27)23-11-10-14-4-1-2-7-18(14)23/h1-7,12,16H,8-11,13H2,(H,21,25)(H,22,24). The number of carbonyl (C=O) groups is 2. The summed E-state index contributed by atoms with van der Waals surface area (Å²) in [6.45, 7) is 0.241. The maximum atomic E-state index is 13.1. The van der Waals surface area contributed by atoms with Gasteiger partial charge in [-0.2, -0.15) is 0 Å². The van der Waals surface area contributed by atoms with E-state index in [1.54, 1.807) is 6.07 Å². The van der Waals surface area contributed by atoms with Crippen LogP contribution in [0.25, 0.3) is 0 Å². The molecule has 1 fully saturated rings. The molecule has 7 nitrogen and oxygen atoms in total. The highest BCUT2D eigenvalue weighted by Gasteiger charge is 2.31. The van der Waals surface area contributed by atoms with Crippen LogP contribution in [0.15, 0.2) is 53.4 Å². The maximum absolute atomic E-state index is 13.1. The predicted octanol–water partition coefficient (Wildman–Crippen LogP) is 1.45. The number of nitrogens with one attached hydrogen (secondary N) is 2. The smallest absolute Gasteiger partial charge is 0.264 e. The third-order valence-corrected chi connectivity index (χ3v) is 6.69. The third kappa shape index (κ3) is 3.73. The molecule has 28 heavy (non-hydrogen) atoms. The Morgan fingerprint density at radius 1 is 1.07 bits per heavy atom. The summed E-state index contributed by atoms with van der Waals surface area (Å²) in [6, 6.07) is 13.5. The van der Waals surface area contributed by atoms with Gasteiger partial charge in [0.2, 0.25) is 5.91 Å². The van der Waals surface area contributed by atoms with Gasteiger partial charge in [0.05, 0.1) is 17.1 Å². The van der Waals surface area contributed by atoms with Gasteiger partial charge in [-0.1, -0.05) is 24.3 Å². The van der Waals surface area contributed by atoms with E-state index in [1.165, 1.54) is 28.6 Å². The SMILES string of the molecule is O=C(CNC(=O)c1cccc(S(=O)(=O)N2CCc3ccccc32)c1)NC1CC1. The summed E-state index contributed by atoms with van der Waals surface area (Å²) < 4.78 is 27.6. The molecule has 0 spiro atoms. The van der Waals surface area contributed by atoms with Crippen molar-refractivity contribution in [2.24, 2.45) is 0 Å². The van der Waals surface area contributed by atoms with E-state index in [0.29, 0.717) is 18.7 Å². The Morgan fingerprint density at radius 3 is 2.64 bits per heavy atom. The molecule has 0 atom stereocenters. The van der Waals surface area contributed by atoms with Crippen LogP contribution in [-0.2, 0) is 21.2 Å². The molecular weight excluding hydrogens is 378 g/mol. The van der Waals surface area contributed by atoms with Gasteiger partial charge >= 0.3 is 0 Å². The number of sulfonamides is 1. The van der Waals surface area contributed by atoms with Crippen molar-refractivity contribution in [2.45, 2.75) is 30.2 Å². The minimum absolute atomic E-state index is 0.0549. The fourth-order valence-corrected chi connectivity index (χ4v) is 4.80. The van der Waals surface area contributed by atoms with Crippen LogP contribution < -0.4 is 14.9 Å². The minimum Gasteiger partial charge on any atom is -0.352 e. The molecule has 1 aliphatic carbocycles. The van der Waals surface area contributed by atoms with Crippen LogP contribution in [0.5, 0.6) is 0 Å². The number of para-hydroxylation sites is 1. The zero-order chi connectivity index (χ0) is 19.7. The summed E-state index contributed by atoms with van der Waals surface area (Å²) in [5.74, 6) is -0.724. The topological polar surface area (TPSA) is 95.6 Å². The lowest BCUT2D eigenvalue weighted by atomic mass is 10.2. The molecule has 0 unspecified atom stereocenters. The Morgan fingerprint density at radius 2 is 1.86 bits per heavy atom. The summed E-state index contributed by atoms with van der Waals surface area (Å²) in [6.07, 6.45) is 2.60. The summed E-state index contributed by atoms with van der Waals surface area (Å²) in [4.78, 5) is 24.1. The summed E-state index contributed by atoms with van der Waals surface area (Å²) >= 11 is 0. The van der Waals surface area contributed by atoms with Gasteiger partial charge in [-0.05, 0) is 49.1 Å². The molecule has 0 saturated heterocycles. The molecule has 4 rings (SSSR count). The first kappa shape index (κ1) is 18.5. The van der Waals surface area contributed by atoms with Crippen LogP contribution in [0.1, 0.15) is 28.8 Å². The van der Waals surface area contributed by atoms with Crippen LogP contribution in [0.3, 0.4) is 0 Å². The Balaban J connectivity index is 1.50. The third-order valence-electron chi connectivity index (χ3n) is 4.88. The summed E-state index contributed by atoms with van der Waals surface area (Å²) in [5.41, 5.74) is 1.86. The first-order valence-corrected chi connectivity index (χ1v) is 10.7. The number of nitrogens with zero attached hydrogens (tertiary/aromatic N) is 1. The normalized spacial score (nSPS) is 15.8. The lowest BCUT2D eigenvalue weighted by molar-refractivity contribution is -0.120. The largest absolute Gasteiger partial charge is 0.352 e. The molecule has 8 heteroatoms. The molecule has 2 N–H and O–H groups in total. The van der Waals surface area contributed by atoms with Crippen molar-refractivity contribution < 1.29 is 18.0 Å². The quantitative estimate of drug-likeness (QED) is 0.769. The van der Waals surface area contributed by atoms with E-state index in [-0.39, 0.29) is 29.0 Å². The molecule has 0 bridgehead atoms. The van der Waals surface area contributed by atoms with Crippen LogP contribution in [0.2, 0.25) is 0 Å². The molecule has 2 aromatic carbocycles. The Labute approximate surface area is 163 Å². The van der Waals surface area contributed by atoms with Crippen molar-refractivity contribution in [3.8, 4) is 0 Å². The molecule has 1 aliphatic heterocycles. The second-order valence-electron chi connectivity index (χ2n) is 7.01. The molecule has 2 aromatic rings. The number of amides is 2. The Bertz CT molecular complexity index is 1030. The van der Waals surface area contributed by atoms with Crippen molar-refractivity contribution >= 4 is 27.5 Å². The minimum atomic E-state index is -3.77. The lowest BCUT2D eigenvalue weighted by Crippen LogP contribution is -2.37. The lowest BCUT2D eigenvalue weighted by Gasteiger charge is -2.20. The fraction of sp³-hybridized carbons (Fsp3) is 0.300. The van der Waals surface area contributed by atoms with Gasteiger partial charge in [-0.3, -0.25) is 13.9 Å². The van der Waals surface area contributed by atoms with Crippen molar-refractivity contribution in [2.75, 3.05) is 17.4 Å². The van der Waals surface area contributed by atoms with E-state index in [4.69, 9.17) is 0 Å². The van der Waals surface area contributed by atoms with E-state index in [1.807, 2.05) is 18.2 Å². The van der Waals surface area contributed by atoms with E-state index in [0.717, 1.165) is 18.4 Å². The van der Waals surface area contributed by atoms with Crippen molar-refractivity contribution in [1.29, 1.82) is 0 Å².